The van der Waals surface area contributed by atoms with Crippen LogP contribution in [-0.2, 0) is 11.2 Å². The highest BCUT2D eigenvalue weighted by Gasteiger charge is 2.11. The van der Waals surface area contributed by atoms with Crippen LogP contribution in [0.25, 0.3) is 0 Å². The van der Waals surface area contributed by atoms with Gasteiger partial charge in [0.2, 0.25) is 5.95 Å². The summed E-state index contributed by atoms with van der Waals surface area (Å²) in [4.78, 5) is 23.2. The number of aliphatic imine (C=N–C) groups is 1. The predicted molar refractivity (Wildman–Crippen MR) is 88.3 cm³/mol. The molecule has 0 fully saturated rings. The first-order valence-electron chi connectivity index (χ1n) is 7.20. The van der Waals surface area contributed by atoms with E-state index < -0.39 is 11.9 Å². The monoisotopic (exact) mass is 342 g/mol. The number of carbonyl (C=O) groups excluding carboxylic acids is 1. The molecule has 2 aromatic heterocycles. The molecule has 0 bridgehead atoms. The van der Waals surface area contributed by atoms with Gasteiger partial charge in [0.1, 0.15) is 11.8 Å². The zero-order valence-electron chi connectivity index (χ0n) is 13.4. The number of carbonyl (C=O) groups is 1. The zero-order valence-corrected chi connectivity index (χ0v) is 13.4. The van der Waals surface area contributed by atoms with Crippen LogP contribution in [0, 0.1) is 17.3 Å². The Balaban J connectivity index is 2.05. The van der Waals surface area contributed by atoms with E-state index in [1.807, 2.05) is 6.07 Å². The largest absolute Gasteiger partial charge is 0.465 e. The lowest BCUT2D eigenvalue weighted by molar-refractivity contribution is 0.102. The Morgan fingerprint density at radius 3 is 2.88 bits per heavy atom. The van der Waals surface area contributed by atoms with Crippen LogP contribution in [0.4, 0.5) is 10.1 Å². The van der Waals surface area contributed by atoms with E-state index in [1.54, 1.807) is 0 Å². The van der Waals surface area contributed by atoms with Crippen molar-refractivity contribution in [3.63, 3.8) is 0 Å². The standard InChI is InChI=1S/C16H15FN6O2/c1-20-16(19)25-5-4-11-6-12(9-22-14(11)17)23-15(24)13-3-2-10(7-18)8-21-13/h2-3,6,8-9H,4-5H2,1H3,(H2,19,20)(H,23,24). The maximum Gasteiger partial charge on any atom is 0.281 e. The normalized spacial score (nSPS) is 10.8. The Morgan fingerprint density at radius 2 is 2.24 bits per heavy atom. The van der Waals surface area contributed by atoms with Crippen LogP contribution in [0.5, 0.6) is 0 Å². The third-order valence-electron chi connectivity index (χ3n) is 3.14. The summed E-state index contributed by atoms with van der Waals surface area (Å²) in [7, 11) is 1.48. The molecule has 0 saturated heterocycles. The van der Waals surface area contributed by atoms with Gasteiger partial charge in [-0.15, -0.1) is 0 Å². The molecule has 2 heterocycles. The summed E-state index contributed by atoms with van der Waals surface area (Å²) in [6.45, 7) is 0.121. The van der Waals surface area contributed by atoms with Gasteiger partial charge in [-0.2, -0.15) is 9.65 Å². The Kier molecular flexibility index (Phi) is 5.95. The van der Waals surface area contributed by atoms with E-state index in [-0.39, 0.29) is 30.3 Å². The van der Waals surface area contributed by atoms with Crippen LogP contribution in [0.1, 0.15) is 21.6 Å². The molecule has 0 saturated carbocycles. The van der Waals surface area contributed by atoms with Crippen molar-refractivity contribution < 1.29 is 13.9 Å². The van der Waals surface area contributed by atoms with Crippen molar-refractivity contribution >= 4 is 17.6 Å². The molecule has 0 spiro atoms. The number of anilines is 1. The van der Waals surface area contributed by atoms with Crippen molar-refractivity contribution in [2.75, 3.05) is 19.0 Å². The Bertz CT molecular complexity index is 830. The number of ether oxygens (including phenoxy) is 1. The number of nitriles is 1. The van der Waals surface area contributed by atoms with Crippen LogP contribution >= 0.6 is 0 Å². The molecule has 0 unspecified atom stereocenters. The van der Waals surface area contributed by atoms with Gasteiger partial charge in [0.05, 0.1) is 24.1 Å². The summed E-state index contributed by atoms with van der Waals surface area (Å²) in [5, 5.41) is 11.3. The number of rotatable bonds is 5. The van der Waals surface area contributed by atoms with E-state index in [0.717, 1.165) is 0 Å². The number of nitrogens with zero attached hydrogens (tertiary/aromatic N) is 4. The van der Waals surface area contributed by atoms with Crippen LogP contribution in [0.15, 0.2) is 35.6 Å². The number of aromatic nitrogens is 2. The SMILES string of the molecule is CN=C(N)OCCc1cc(NC(=O)c2ccc(C#N)cn2)cnc1F. The van der Waals surface area contributed by atoms with Gasteiger partial charge in [-0.3, -0.25) is 4.79 Å². The van der Waals surface area contributed by atoms with Crippen molar-refractivity contribution in [1.82, 2.24) is 9.97 Å². The molecule has 2 aromatic rings. The fourth-order valence-corrected chi connectivity index (χ4v) is 1.86. The summed E-state index contributed by atoms with van der Waals surface area (Å²) < 4.78 is 18.8. The molecule has 8 nitrogen and oxygen atoms in total. The van der Waals surface area contributed by atoms with Crippen LogP contribution in [0.2, 0.25) is 0 Å². The Hall–Kier alpha value is -3.54. The van der Waals surface area contributed by atoms with Gasteiger partial charge >= 0.3 is 0 Å². The molecule has 0 atom stereocenters. The van der Waals surface area contributed by atoms with Crippen molar-refractivity contribution in [1.29, 1.82) is 5.26 Å². The van der Waals surface area contributed by atoms with Gasteiger partial charge in [0, 0.05) is 25.2 Å². The molecular formula is C16H15FN6O2. The molecule has 1 amide bonds. The van der Waals surface area contributed by atoms with Gasteiger partial charge in [-0.05, 0) is 18.2 Å². The van der Waals surface area contributed by atoms with Crippen LogP contribution < -0.4 is 11.1 Å². The van der Waals surface area contributed by atoms with Gasteiger partial charge in [0.15, 0.2) is 0 Å². The summed E-state index contributed by atoms with van der Waals surface area (Å²) >= 11 is 0. The maximum absolute atomic E-state index is 13.7. The first-order chi connectivity index (χ1) is 12.0. The molecule has 3 N–H and O–H groups in total. The fourth-order valence-electron chi connectivity index (χ4n) is 1.86. The smallest absolute Gasteiger partial charge is 0.281 e. The lowest BCUT2D eigenvalue weighted by Gasteiger charge is -2.08. The van der Waals surface area contributed by atoms with Crippen LogP contribution in [-0.4, -0.2) is 35.6 Å². The maximum atomic E-state index is 13.7. The van der Waals surface area contributed by atoms with Crippen LogP contribution in [0.3, 0.4) is 0 Å². The average Bonchev–Trinajstić information content (AvgIpc) is 2.64. The second-order valence-corrected chi connectivity index (χ2v) is 4.83. The van der Waals surface area contributed by atoms with E-state index in [0.29, 0.717) is 11.3 Å². The molecule has 0 aliphatic carbocycles. The molecule has 0 aromatic carbocycles. The number of nitrogens with one attached hydrogen (secondary N) is 1. The lowest BCUT2D eigenvalue weighted by atomic mass is 10.2. The van der Waals surface area contributed by atoms with Crippen molar-refractivity contribution in [2.45, 2.75) is 6.42 Å². The zero-order chi connectivity index (χ0) is 18.2. The first-order valence-corrected chi connectivity index (χ1v) is 7.20. The highest BCUT2D eigenvalue weighted by molar-refractivity contribution is 6.02. The molecule has 128 valence electrons. The molecule has 9 heteroatoms. The topological polar surface area (TPSA) is 126 Å². The lowest BCUT2D eigenvalue weighted by Crippen LogP contribution is -2.18. The number of pyridine rings is 2. The number of nitrogens with two attached hydrogens (primary N) is 1. The third-order valence-corrected chi connectivity index (χ3v) is 3.14. The van der Waals surface area contributed by atoms with Crippen molar-refractivity contribution in [3.8, 4) is 6.07 Å². The minimum atomic E-state index is -0.662. The van der Waals surface area contributed by atoms with Gasteiger partial charge in [-0.25, -0.2) is 15.0 Å². The first kappa shape index (κ1) is 17.8. The van der Waals surface area contributed by atoms with Gasteiger partial charge in [-0.1, -0.05) is 0 Å². The predicted octanol–water partition coefficient (Wildman–Crippen LogP) is 1.24. The van der Waals surface area contributed by atoms with E-state index in [2.05, 4.69) is 20.3 Å². The second-order valence-electron chi connectivity index (χ2n) is 4.83. The second kappa shape index (κ2) is 8.35. The molecule has 25 heavy (non-hydrogen) atoms. The molecule has 0 radical (unpaired) electrons. The summed E-state index contributed by atoms with van der Waals surface area (Å²) in [5.41, 5.74) is 6.43. The minimum Gasteiger partial charge on any atom is -0.465 e. The Labute approximate surface area is 143 Å². The van der Waals surface area contributed by atoms with Gasteiger partial charge in [0.25, 0.3) is 11.9 Å². The summed E-state index contributed by atoms with van der Waals surface area (Å²) in [5.74, 6) is -1.16. The molecule has 2 rings (SSSR count). The number of amides is 1. The van der Waals surface area contributed by atoms with Crippen molar-refractivity contribution in [2.24, 2.45) is 10.7 Å². The third kappa shape index (κ3) is 4.97. The fraction of sp³-hybridized carbons (Fsp3) is 0.188. The highest BCUT2D eigenvalue weighted by Crippen LogP contribution is 2.14. The van der Waals surface area contributed by atoms with Crippen molar-refractivity contribution in [3.05, 3.63) is 53.4 Å². The number of hydrogen-bond acceptors (Lipinski definition) is 6. The van der Waals surface area contributed by atoms with E-state index in [4.69, 9.17) is 15.7 Å². The molecular weight excluding hydrogens is 327 g/mol. The molecule has 0 aliphatic heterocycles. The minimum absolute atomic E-state index is 0.00437. The summed E-state index contributed by atoms with van der Waals surface area (Å²) in [6, 6.07) is 6.27. The quantitative estimate of drug-likeness (QED) is 0.478. The summed E-state index contributed by atoms with van der Waals surface area (Å²) in [6.07, 6.45) is 2.69. The number of halogens is 1. The van der Waals surface area contributed by atoms with Gasteiger partial charge < -0.3 is 15.8 Å². The van der Waals surface area contributed by atoms with E-state index in [1.165, 1.54) is 37.6 Å². The Morgan fingerprint density at radius 1 is 1.44 bits per heavy atom. The average molecular weight is 342 g/mol. The molecule has 0 aliphatic rings. The highest BCUT2D eigenvalue weighted by atomic mass is 19.1. The number of amidine groups is 1. The van der Waals surface area contributed by atoms with E-state index >= 15 is 0 Å². The van der Waals surface area contributed by atoms with E-state index in [9.17, 15) is 9.18 Å². The number of hydrogen-bond donors (Lipinski definition) is 2.